The third kappa shape index (κ3) is 3.47. The first kappa shape index (κ1) is 13.4. The number of piperidine rings is 1. The van der Waals surface area contributed by atoms with Gasteiger partial charge >= 0.3 is 6.09 Å². The smallest absolute Gasteiger partial charge is 0.410 e. The summed E-state index contributed by atoms with van der Waals surface area (Å²) in [5.41, 5.74) is 0.873. The fraction of sp³-hybridized carbons (Fsp3) is 0.429. The lowest BCUT2D eigenvalue weighted by Gasteiger charge is -2.35. The van der Waals surface area contributed by atoms with Crippen LogP contribution in [-0.4, -0.2) is 29.5 Å². The molecule has 1 atom stereocenters. The molecule has 19 heavy (non-hydrogen) atoms. The van der Waals surface area contributed by atoms with Crippen LogP contribution in [0.2, 0.25) is 0 Å². The van der Waals surface area contributed by atoms with Gasteiger partial charge < -0.3 is 14.6 Å². The van der Waals surface area contributed by atoms with E-state index in [4.69, 9.17) is 4.74 Å². The summed E-state index contributed by atoms with van der Waals surface area (Å²) in [7, 11) is 0. The van der Waals surface area contributed by atoms with Crippen molar-refractivity contribution < 1.29 is 19.4 Å². The minimum Gasteiger partial charge on any atom is -0.548 e. The Labute approximate surface area is 111 Å². The van der Waals surface area contributed by atoms with Gasteiger partial charge in [0.2, 0.25) is 0 Å². The molecule has 0 aromatic heterocycles. The number of ether oxygens (including phenoxy) is 1. The third-order valence-electron chi connectivity index (χ3n) is 3.21. The van der Waals surface area contributed by atoms with Crippen molar-refractivity contribution in [3.8, 4) is 0 Å². The summed E-state index contributed by atoms with van der Waals surface area (Å²) in [5.74, 6) is -1.21. The molecule has 5 heteroatoms. The highest BCUT2D eigenvalue weighted by Crippen LogP contribution is 2.18. The number of carboxylic acids is 1. The molecule has 1 heterocycles. The molecule has 1 aromatic rings. The quantitative estimate of drug-likeness (QED) is 0.812. The van der Waals surface area contributed by atoms with Gasteiger partial charge in [0.05, 0.1) is 12.0 Å². The molecule has 1 saturated heterocycles. The Bertz CT molecular complexity index is 446. The molecular formula is C14H16NO4-. The second kappa shape index (κ2) is 6.22. The molecule has 1 amide bonds. The molecule has 0 spiro atoms. The molecule has 1 aliphatic heterocycles. The number of likely N-dealkylation sites (tertiary alicyclic amines) is 1. The van der Waals surface area contributed by atoms with E-state index in [0.29, 0.717) is 13.0 Å². The molecule has 1 fully saturated rings. The van der Waals surface area contributed by atoms with Crippen molar-refractivity contribution >= 4 is 12.1 Å². The van der Waals surface area contributed by atoms with E-state index in [1.165, 1.54) is 4.90 Å². The van der Waals surface area contributed by atoms with Crippen LogP contribution in [0.4, 0.5) is 4.79 Å². The molecule has 0 radical (unpaired) electrons. The van der Waals surface area contributed by atoms with Crippen LogP contribution in [-0.2, 0) is 16.1 Å². The zero-order chi connectivity index (χ0) is 13.7. The van der Waals surface area contributed by atoms with Crippen molar-refractivity contribution in [2.75, 3.05) is 6.54 Å². The van der Waals surface area contributed by atoms with E-state index in [2.05, 4.69) is 0 Å². The fourth-order valence-electron chi connectivity index (χ4n) is 2.20. The molecule has 2 rings (SSSR count). The van der Waals surface area contributed by atoms with E-state index < -0.39 is 18.1 Å². The van der Waals surface area contributed by atoms with Crippen LogP contribution in [0.3, 0.4) is 0 Å². The van der Waals surface area contributed by atoms with Gasteiger partial charge in [0.15, 0.2) is 0 Å². The maximum Gasteiger partial charge on any atom is 0.410 e. The Hall–Kier alpha value is -2.04. The van der Waals surface area contributed by atoms with Crippen molar-refractivity contribution in [2.24, 2.45) is 0 Å². The van der Waals surface area contributed by atoms with Crippen molar-refractivity contribution in [3.63, 3.8) is 0 Å². The number of benzene rings is 1. The number of carboxylic acid groups (broad SMARTS) is 1. The lowest BCUT2D eigenvalue weighted by Crippen LogP contribution is -2.52. The van der Waals surface area contributed by atoms with Gasteiger partial charge in [-0.1, -0.05) is 30.3 Å². The van der Waals surface area contributed by atoms with E-state index in [1.54, 1.807) is 0 Å². The van der Waals surface area contributed by atoms with Gasteiger partial charge in [0.1, 0.15) is 6.61 Å². The Kier molecular flexibility index (Phi) is 4.39. The minimum atomic E-state index is -1.21. The first-order valence-corrected chi connectivity index (χ1v) is 6.36. The van der Waals surface area contributed by atoms with Gasteiger partial charge in [-0.05, 0) is 24.8 Å². The van der Waals surface area contributed by atoms with Gasteiger partial charge in [-0.2, -0.15) is 0 Å². The maximum absolute atomic E-state index is 11.9. The van der Waals surface area contributed by atoms with Crippen LogP contribution >= 0.6 is 0 Å². The number of rotatable bonds is 3. The molecule has 0 saturated carbocycles. The molecule has 0 aliphatic carbocycles. The van der Waals surface area contributed by atoms with Gasteiger partial charge in [-0.15, -0.1) is 0 Å². The number of hydrogen-bond donors (Lipinski definition) is 0. The lowest BCUT2D eigenvalue weighted by atomic mass is 10.0. The molecule has 5 nitrogen and oxygen atoms in total. The van der Waals surface area contributed by atoms with Crippen LogP contribution < -0.4 is 5.11 Å². The number of carbonyl (C=O) groups is 2. The number of carbonyl (C=O) groups excluding carboxylic acids is 2. The first-order chi connectivity index (χ1) is 9.18. The van der Waals surface area contributed by atoms with Gasteiger partial charge in [0.25, 0.3) is 0 Å². The summed E-state index contributed by atoms with van der Waals surface area (Å²) in [4.78, 5) is 24.1. The summed E-state index contributed by atoms with van der Waals surface area (Å²) in [6.45, 7) is 0.558. The second-order valence-corrected chi connectivity index (χ2v) is 4.56. The average molecular weight is 262 g/mol. The number of hydrogen-bond acceptors (Lipinski definition) is 4. The van der Waals surface area contributed by atoms with E-state index in [-0.39, 0.29) is 6.61 Å². The monoisotopic (exact) mass is 262 g/mol. The van der Waals surface area contributed by atoms with Crippen LogP contribution in [0.25, 0.3) is 0 Å². The Morgan fingerprint density at radius 2 is 2.00 bits per heavy atom. The standard InChI is InChI=1S/C14H17NO4/c16-13(17)12-8-4-5-9-15(12)14(18)19-10-11-6-2-1-3-7-11/h1-3,6-7,12H,4-5,8-10H2,(H,16,17)/p-1/t12-/m0/s1. The fourth-order valence-corrected chi connectivity index (χ4v) is 2.20. The van der Waals surface area contributed by atoms with Crippen LogP contribution in [0.15, 0.2) is 30.3 Å². The lowest BCUT2D eigenvalue weighted by molar-refractivity contribution is -0.311. The first-order valence-electron chi connectivity index (χ1n) is 6.36. The largest absolute Gasteiger partial charge is 0.548 e. The van der Waals surface area contributed by atoms with Crippen LogP contribution in [0, 0.1) is 0 Å². The summed E-state index contributed by atoms with van der Waals surface area (Å²) in [6.07, 6.45) is 1.44. The molecule has 0 N–H and O–H groups in total. The SMILES string of the molecule is O=C([O-])[C@@H]1CCCCN1C(=O)OCc1ccccc1. The summed E-state index contributed by atoms with van der Waals surface area (Å²) >= 11 is 0. The molecule has 0 bridgehead atoms. The van der Waals surface area contributed by atoms with Crippen molar-refractivity contribution in [2.45, 2.75) is 31.9 Å². The van der Waals surface area contributed by atoms with E-state index in [0.717, 1.165) is 18.4 Å². The predicted octanol–water partition coefficient (Wildman–Crippen LogP) is 0.928. The predicted molar refractivity (Wildman–Crippen MR) is 66.0 cm³/mol. The van der Waals surface area contributed by atoms with Gasteiger partial charge in [-0.25, -0.2) is 4.79 Å². The number of nitrogens with zero attached hydrogens (tertiary/aromatic N) is 1. The average Bonchev–Trinajstić information content (AvgIpc) is 2.46. The zero-order valence-corrected chi connectivity index (χ0v) is 10.6. The van der Waals surface area contributed by atoms with Crippen molar-refractivity contribution in [1.29, 1.82) is 0 Å². The van der Waals surface area contributed by atoms with Crippen molar-refractivity contribution in [3.05, 3.63) is 35.9 Å². The summed E-state index contributed by atoms with van der Waals surface area (Å²) in [5, 5.41) is 11.0. The number of aliphatic carboxylic acids is 1. The van der Waals surface area contributed by atoms with Crippen molar-refractivity contribution in [1.82, 2.24) is 4.90 Å². The highest BCUT2D eigenvalue weighted by atomic mass is 16.6. The highest BCUT2D eigenvalue weighted by molar-refractivity contribution is 5.78. The highest BCUT2D eigenvalue weighted by Gasteiger charge is 2.28. The molecule has 102 valence electrons. The molecule has 0 unspecified atom stereocenters. The molecule has 1 aromatic carbocycles. The van der Waals surface area contributed by atoms with E-state index >= 15 is 0 Å². The van der Waals surface area contributed by atoms with Crippen LogP contribution in [0.1, 0.15) is 24.8 Å². The molecular weight excluding hydrogens is 246 g/mol. The third-order valence-corrected chi connectivity index (χ3v) is 3.21. The Balaban J connectivity index is 1.93. The Morgan fingerprint density at radius 3 is 2.68 bits per heavy atom. The number of amides is 1. The maximum atomic E-state index is 11.9. The summed E-state index contributed by atoms with van der Waals surface area (Å²) < 4.78 is 5.14. The van der Waals surface area contributed by atoms with Gasteiger partial charge in [0, 0.05) is 6.54 Å². The normalized spacial score (nSPS) is 18.9. The summed E-state index contributed by atoms with van der Waals surface area (Å²) in [6, 6.07) is 8.42. The van der Waals surface area contributed by atoms with Crippen LogP contribution in [0.5, 0.6) is 0 Å². The topological polar surface area (TPSA) is 69.7 Å². The zero-order valence-electron chi connectivity index (χ0n) is 10.6. The van der Waals surface area contributed by atoms with E-state index in [9.17, 15) is 14.7 Å². The Morgan fingerprint density at radius 1 is 1.26 bits per heavy atom. The second-order valence-electron chi connectivity index (χ2n) is 4.56. The van der Waals surface area contributed by atoms with Gasteiger partial charge in [-0.3, -0.25) is 4.90 Å². The molecule has 1 aliphatic rings. The van der Waals surface area contributed by atoms with E-state index in [1.807, 2.05) is 30.3 Å². The minimum absolute atomic E-state index is 0.149.